The number of ketones is 1. The van der Waals surface area contributed by atoms with E-state index in [1.54, 1.807) is 43.7 Å². The van der Waals surface area contributed by atoms with Crippen molar-refractivity contribution in [2.75, 3.05) is 25.6 Å². The van der Waals surface area contributed by atoms with Crippen molar-refractivity contribution in [3.05, 3.63) is 76.8 Å². The molecule has 5 rings (SSSR count). The Bertz CT molecular complexity index is 1390. The molecule has 11 heteroatoms. The van der Waals surface area contributed by atoms with Gasteiger partial charge in [-0.05, 0) is 36.1 Å². The summed E-state index contributed by atoms with van der Waals surface area (Å²) in [7, 11) is 1.59. The highest BCUT2D eigenvalue weighted by Gasteiger charge is 2.47. The third-order valence-corrected chi connectivity index (χ3v) is 7.78. The molecule has 40 heavy (non-hydrogen) atoms. The second-order valence-electron chi connectivity index (χ2n) is 9.81. The van der Waals surface area contributed by atoms with Crippen LogP contribution in [-0.2, 0) is 14.3 Å². The Morgan fingerprint density at radius 2 is 1.82 bits per heavy atom. The van der Waals surface area contributed by atoms with Crippen LogP contribution in [0.3, 0.4) is 0 Å². The molecule has 2 heterocycles. The minimum atomic E-state index is -1.16. The average Bonchev–Trinajstić information content (AvgIpc) is 3.65. The van der Waals surface area contributed by atoms with Crippen LogP contribution < -0.4 is 15.4 Å². The standard InChI is InChI=1S/C29H30N4O6S/c1-17(18-6-4-3-5-7-18)24(26(35)32-28-30-22(16-40-28)25(34)20-8-9-20)33-27(36)23(31-29(33)37)19-10-12-21(13-11-19)39-15-14-38-2/h3-7,10-13,16-17,20,23-24H,8-9,14-15H2,1-2H3,(H,31,37)(H,30,32,35)/t17?,23-,24+/m1/s1. The van der Waals surface area contributed by atoms with Gasteiger partial charge in [0.25, 0.3) is 5.91 Å². The van der Waals surface area contributed by atoms with Gasteiger partial charge in [0.15, 0.2) is 10.9 Å². The Hall–Kier alpha value is -4.09. The maximum Gasteiger partial charge on any atom is 0.325 e. The van der Waals surface area contributed by atoms with E-state index in [-0.39, 0.29) is 16.8 Å². The Morgan fingerprint density at radius 3 is 2.50 bits per heavy atom. The predicted molar refractivity (Wildman–Crippen MR) is 148 cm³/mol. The highest BCUT2D eigenvalue weighted by Crippen LogP contribution is 2.34. The maximum absolute atomic E-state index is 13.7. The summed E-state index contributed by atoms with van der Waals surface area (Å²) in [4.78, 5) is 58.3. The van der Waals surface area contributed by atoms with E-state index in [4.69, 9.17) is 9.47 Å². The first-order valence-corrected chi connectivity index (χ1v) is 14.0. The van der Waals surface area contributed by atoms with E-state index >= 15 is 0 Å². The van der Waals surface area contributed by atoms with Gasteiger partial charge in [0.05, 0.1) is 6.61 Å². The van der Waals surface area contributed by atoms with E-state index in [0.717, 1.165) is 34.6 Å². The molecular weight excluding hydrogens is 532 g/mol. The number of imide groups is 1. The third kappa shape index (κ3) is 5.90. The second kappa shape index (κ2) is 12.0. The van der Waals surface area contributed by atoms with Crippen molar-refractivity contribution in [2.24, 2.45) is 5.92 Å². The maximum atomic E-state index is 13.7. The van der Waals surface area contributed by atoms with Crippen molar-refractivity contribution in [1.29, 1.82) is 0 Å². The van der Waals surface area contributed by atoms with Gasteiger partial charge in [-0.3, -0.25) is 14.4 Å². The SMILES string of the molecule is COCCOc1ccc([C@H]2NC(=O)N([C@H](C(=O)Nc3nc(C(=O)C4CC4)cs3)C(C)c3ccccc3)C2=O)cc1. The molecule has 1 aliphatic heterocycles. The monoisotopic (exact) mass is 562 g/mol. The van der Waals surface area contributed by atoms with E-state index in [0.29, 0.717) is 30.2 Å². The van der Waals surface area contributed by atoms with E-state index in [9.17, 15) is 19.2 Å². The summed E-state index contributed by atoms with van der Waals surface area (Å²) in [6.07, 6.45) is 1.71. The lowest BCUT2D eigenvalue weighted by molar-refractivity contribution is -0.134. The van der Waals surface area contributed by atoms with Gasteiger partial charge in [0.2, 0.25) is 5.91 Å². The molecule has 0 spiro atoms. The number of urea groups is 1. The molecule has 1 unspecified atom stereocenters. The van der Waals surface area contributed by atoms with Crippen LogP contribution in [0.2, 0.25) is 0 Å². The van der Waals surface area contributed by atoms with Crippen LogP contribution in [0.15, 0.2) is 60.0 Å². The van der Waals surface area contributed by atoms with E-state index in [2.05, 4.69) is 15.6 Å². The molecule has 4 amide bonds. The van der Waals surface area contributed by atoms with Crippen LogP contribution in [0.1, 0.15) is 53.3 Å². The lowest BCUT2D eigenvalue weighted by Gasteiger charge is -2.29. The Morgan fingerprint density at radius 1 is 1.10 bits per heavy atom. The fourth-order valence-electron chi connectivity index (χ4n) is 4.67. The molecule has 1 aromatic heterocycles. The zero-order valence-corrected chi connectivity index (χ0v) is 23.0. The van der Waals surface area contributed by atoms with Crippen molar-refractivity contribution in [1.82, 2.24) is 15.2 Å². The molecule has 3 atom stereocenters. The second-order valence-corrected chi connectivity index (χ2v) is 10.7. The number of hydrogen-bond donors (Lipinski definition) is 2. The number of benzene rings is 2. The highest BCUT2D eigenvalue weighted by molar-refractivity contribution is 7.14. The van der Waals surface area contributed by atoms with Gasteiger partial charge in [-0.1, -0.05) is 49.4 Å². The van der Waals surface area contributed by atoms with Gasteiger partial charge in [0.1, 0.15) is 30.1 Å². The molecule has 2 aliphatic rings. The quantitative estimate of drug-likeness (QED) is 0.193. The number of ether oxygens (including phenoxy) is 2. The van der Waals surface area contributed by atoms with Crippen LogP contribution in [0.25, 0.3) is 0 Å². The van der Waals surface area contributed by atoms with Crippen LogP contribution in [0.4, 0.5) is 9.93 Å². The topological polar surface area (TPSA) is 127 Å². The number of nitrogens with one attached hydrogen (secondary N) is 2. The van der Waals surface area contributed by atoms with Crippen LogP contribution in [0.5, 0.6) is 5.75 Å². The lowest BCUT2D eigenvalue weighted by atomic mass is 9.91. The van der Waals surface area contributed by atoms with E-state index in [1.165, 1.54) is 0 Å². The molecule has 10 nitrogen and oxygen atoms in total. The number of thiazole rings is 1. The first-order valence-electron chi connectivity index (χ1n) is 13.1. The molecule has 1 aliphatic carbocycles. The normalized spacial score (nSPS) is 18.2. The van der Waals surface area contributed by atoms with Gasteiger partial charge in [-0.25, -0.2) is 14.7 Å². The minimum Gasteiger partial charge on any atom is -0.491 e. The Kier molecular flexibility index (Phi) is 8.22. The van der Waals surface area contributed by atoms with E-state index < -0.39 is 35.8 Å². The third-order valence-electron chi connectivity index (χ3n) is 7.02. The molecule has 1 saturated carbocycles. The number of Topliss-reactive ketones (excluding diaryl/α,β-unsaturated/α-hetero) is 1. The first-order chi connectivity index (χ1) is 19.4. The average molecular weight is 563 g/mol. The summed E-state index contributed by atoms with van der Waals surface area (Å²) in [5.41, 5.74) is 1.67. The number of rotatable bonds is 12. The Labute approximate surface area is 235 Å². The zero-order chi connectivity index (χ0) is 28.2. The number of carbonyl (C=O) groups excluding carboxylic acids is 4. The summed E-state index contributed by atoms with van der Waals surface area (Å²) >= 11 is 1.14. The molecule has 0 radical (unpaired) electrons. The zero-order valence-electron chi connectivity index (χ0n) is 22.2. The summed E-state index contributed by atoms with van der Waals surface area (Å²) < 4.78 is 10.6. The molecule has 0 bridgehead atoms. The molecule has 2 fully saturated rings. The van der Waals surface area contributed by atoms with Gasteiger partial charge >= 0.3 is 6.03 Å². The van der Waals surface area contributed by atoms with Gasteiger partial charge in [-0.15, -0.1) is 11.3 Å². The van der Waals surface area contributed by atoms with Crippen molar-refractivity contribution in [2.45, 2.75) is 37.8 Å². The number of amides is 4. The Balaban J connectivity index is 1.38. The lowest BCUT2D eigenvalue weighted by Crippen LogP contribution is -2.50. The number of carbonyl (C=O) groups is 4. The number of nitrogens with zero attached hydrogens (tertiary/aromatic N) is 2. The van der Waals surface area contributed by atoms with Crippen LogP contribution in [0, 0.1) is 5.92 Å². The molecule has 2 N–H and O–H groups in total. The molecular formula is C29H30N4O6S. The van der Waals surface area contributed by atoms with Crippen molar-refractivity contribution in [3.8, 4) is 5.75 Å². The molecule has 208 valence electrons. The number of aromatic nitrogens is 1. The number of hydrogen-bond acceptors (Lipinski definition) is 8. The fraction of sp³-hybridized carbons (Fsp3) is 0.345. The van der Waals surface area contributed by atoms with Crippen molar-refractivity contribution in [3.63, 3.8) is 0 Å². The summed E-state index contributed by atoms with van der Waals surface area (Å²) in [5.74, 6) is -1.05. The largest absolute Gasteiger partial charge is 0.491 e. The highest BCUT2D eigenvalue weighted by atomic mass is 32.1. The van der Waals surface area contributed by atoms with Gasteiger partial charge in [0, 0.05) is 24.3 Å². The smallest absolute Gasteiger partial charge is 0.325 e. The summed E-state index contributed by atoms with van der Waals surface area (Å²) in [6, 6.07) is 13.3. The van der Waals surface area contributed by atoms with E-state index in [1.807, 2.05) is 30.3 Å². The van der Waals surface area contributed by atoms with Crippen molar-refractivity contribution >= 4 is 40.1 Å². The minimum absolute atomic E-state index is 0.00494. The molecule has 1 saturated heterocycles. The van der Waals surface area contributed by atoms with Crippen LogP contribution in [-0.4, -0.2) is 59.9 Å². The van der Waals surface area contributed by atoms with Crippen molar-refractivity contribution < 1.29 is 28.7 Å². The number of anilines is 1. The van der Waals surface area contributed by atoms with Crippen LogP contribution >= 0.6 is 11.3 Å². The number of methoxy groups -OCH3 is 1. The van der Waals surface area contributed by atoms with Gasteiger partial charge in [-0.2, -0.15) is 0 Å². The summed E-state index contributed by atoms with van der Waals surface area (Å²) in [5, 5.41) is 7.34. The first kappa shape index (κ1) is 27.5. The fourth-order valence-corrected chi connectivity index (χ4v) is 5.37. The predicted octanol–water partition coefficient (Wildman–Crippen LogP) is 4.16. The van der Waals surface area contributed by atoms with Gasteiger partial charge < -0.3 is 20.1 Å². The molecule has 3 aromatic rings. The summed E-state index contributed by atoms with van der Waals surface area (Å²) in [6.45, 7) is 2.62. The molecule has 2 aromatic carbocycles.